The molecule has 3 heterocycles. The quantitative estimate of drug-likeness (QED) is 0.700. The minimum Gasteiger partial charge on any atom is -0.377 e. The molecule has 21 heavy (non-hydrogen) atoms. The second kappa shape index (κ2) is 5.57. The number of fused-ring (bicyclic) bond motifs is 2. The van der Waals surface area contributed by atoms with Crippen molar-refractivity contribution < 1.29 is 4.74 Å². The molecule has 0 unspecified atom stereocenters. The monoisotopic (exact) mass is 354 g/mol. The van der Waals surface area contributed by atoms with Crippen molar-refractivity contribution in [2.45, 2.75) is 32.9 Å². The Morgan fingerprint density at radius 3 is 2.90 bits per heavy atom. The number of imidazole rings is 1. The van der Waals surface area contributed by atoms with Gasteiger partial charge in [0.25, 0.3) is 5.56 Å². The van der Waals surface area contributed by atoms with Gasteiger partial charge in [0.2, 0.25) is 5.78 Å². The standard InChI is InChI=1S/C12H15BrN6O2/c1-3-4-5-18-9-8(14-11(13)15-9)10(20)19-7(6-21-2)16-17-12(18)19/h3-6H2,1-2H3,(H,14,15). The van der Waals surface area contributed by atoms with Crippen LogP contribution >= 0.6 is 15.9 Å². The van der Waals surface area contributed by atoms with E-state index < -0.39 is 0 Å². The van der Waals surface area contributed by atoms with Crippen molar-refractivity contribution in [1.82, 2.24) is 29.1 Å². The number of ether oxygens (including phenoxy) is 1. The van der Waals surface area contributed by atoms with Crippen LogP contribution in [-0.4, -0.2) is 36.2 Å². The molecule has 0 atom stereocenters. The number of hydrogen-bond donors (Lipinski definition) is 1. The van der Waals surface area contributed by atoms with Crippen LogP contribution in [0.1, 0.15) is 25.6 Å². The van der Waals surface area contributed by atoms with Crippen LogP contribution in [0.3, 0.4) is 0 Å². The van der Waals surface area contributed by atoms with E-state index in [0.29, 0.717) is 27.5 Å². The fraction of sp³-hybridized carbons (Fsp3) is 0.500. The maximum Gasteiger partial charge on any atom is 0.286 e. The number of nitrogens with one attached hydrogen (secondary N) is 1. The molecule has 0 radical (unpaired) electrons. The van der Waals surface area contributed by atoms with Crippen molar-refractivity contribution in [2.24, 2.45) is 0 Å². The van der Waals surface area contributed by atoms with Gasteiger partial charge in [-0.1, -0.05) is 13.3 Å². The maximum atomic E-state index is 12.6. The van der Waals surface area contributed by atoms with E-state index in [0.717, 1.165) is 19.4 Å². The summed E-state index contributed by atoms with van der Waals surface area (Å²) in [4.78, 5) is 19.9. The van der Waals surface area contributed by atoms with Crippen molar-refractivity contribution in [2.75, 3.05) is 7.11 Å². The molecule has 3 rings (SSSR count). The van der Waals surface area contributed by atoms with Crippen molar-refractivity contribution in [3.05, 3.63) is 20.9 Å². The molecule has 0 saturated heterocycles. The van der Waals surface area contributed by atoms with Crippen LogP contribution in [0.15, 0.2) is 9.53 Å². The predicted octanol–water partition coefficient (Wildman–Crippen LogP) is 1.48. The van der Waals surface area contributed by atoms with Gasteiger partial charge < -0.3 is 9.72 Å². The molecule has 0 amide bonds. The summed E-state index contributed by atoms with van der Waals surface area (Å²) in [6.45, 7) is 3.06. The van der Waals surface area contributed by atoms with Gasteiger partial charge in [-0.2, -0.15) is 0 Å². The maximum absolute atomic E-state index is 12.6. The summed E-state index contributed by atoms with van der Waals surface area (Å²) in [6.07, 6.45) is 2.00. The Morgan fingerprint density at radius 1 is 1.38 bits per heavy atom. The highest BCUT2D eigenvalue weighted by atomic mass is 79.9. The number of H-pyrrole nitrogens is 1. The second-order valence-electron chi connectivity index (χ2n) is 4.72. The Hall–Kier alpha value is -1.74. The van der Waals surface area contributed by atoms with Crippen molar-refractivity contribution in [3.8, 4) is 0 Å². The normalized spacial score (nSPS) is 11.8. The molecule has 0 fully saturated rings. The minimum absolute atomic E-state index is 0.219. The van der Waals surface area contributed by atoms with Gasteiger partial charge >= 0.3 is 0 Å². The van der Waals surface area contributed by atoms with Crippen LogP contribution in [0.2, 0.25) is 0 Å². The van der Waals surface area contributed by atoms with Crippen LogP contribution in [-0.2, 0) is 17.9 Å². The third kappa shape index (κ3) is 2.26. The van der Waals surface area contributed by atoms with Crippen LogP contribution in [0, 0.1) is 0 Å². The number of aryl methyl sites for hydroxylation is 1. The molecular formula is C12H15BrN6O2. The minimum atomic E-state index is -0.219. The lowest BCUT2D eigenvalue weighted by Crippen LogP contribution is -2.21. The van der Waals surface area contributed by atoms with E-state index in [1.54, 1.807) is 7.11 Å². The lowest BCUT2D eigenvalue weighted by Gasteiger charge is -2.08. The molecule has 8 nitrogen and oxygen atoms in total. The van der Waals surface area contributed by atoms with Gasteiger partial charge in [-0.05, 0) is 22.4 Å². The zero-order valence-corrected chi connectivity index (χ0v) is 13.3. The molecule has 0 bridgehead atoms. The molecule has 3 aromatic rings. The first-order valence-electron chi connectivity index (χ1n) is 6.68. The largest absolute Gasteiger partial charge is 0.377 e. The molecule has 0 aliphatic heterocycles. The van der Waals surface area contributed by atoms with Crippen LogP contribution in [0.4, 0.5) is 0 Å². The number of hydrogen-bond acceptors (Lipinski definition) is 5. The highest BCUT2D eigenvalue weighted by Gasteiger charge is 2.18. The first-order chi connectivity index (χ1) is 10.2. The number of unbranched alkanes of at least 4 members (excludes halogenated alkanes) is 1. The zero-order valence-electron chi connectivity index (χ0n) is 11.8. The molecular weight excluding hydrogens is 340 g/mol. The molecule has 9 heteroatoms. The molecule has 0 aromatic carbocycles. The Morgan fingerprint density at radius 2 is 2.19 bits per heavy atom. The van der Waals surface area contributed by atoms with E-state index in [1.165, 1.54) is 4.40 Å². The summed E-state index contributed by atoms with van der Waals surface area (Å²) in [7, 11) is 1.56. The molecule has 1 N–H and O–H groups in total. The third-order valence-corrected chi connectivity index (χ3v) is 3.67. The van der Waals surface area contributed by atoms with Gasteiger partial charge in [0.15, 0.2) is 21.7 Å². The van der Waals surface area contributed by atoms with Crippen LogP contribution < -0.4 is 5.56 Å². The number of aromatic amines is 1. The topological polar surface area (TPSA) is 90.1 Å². The molecule has 112 valence electrons. The fourth-order valence-electron chi connectivity index (χ4n) is 2.32. The third-order valence-electron chi connectivity index (χ3n) is 3.29. The van der Waals surface area contributed by atoms with Crippen molar-refractivity contribution >= 4 is 32.9 Å². The summed E-state index contributed by atoms with van der Waals surface area (Å²) in [5.74, 6) is 0.974. The van der Waals surface area contributed by atoms with Gasteiger partial charge in [-0.3, -0.25) is 9.36 Å². The molecule has 0 aliphatic carbocycles. The number of nitrogens with zero attached hydrogens (tertiary/aromatic N) is 5. The summed E-state index contributed by atoms with van der Waals surface area (Å²) >= 11 is 3.28. The fourth-order valence-corrected chi connectivity index (χ4v) is 2.69. The predicted molar refractivity (Wildman–Crippen MR) is 80.2 cm³/mol. The van der Waals surface area contributed by atoms with Gasteiger partial charge in [0.05, 0.1) is 0 Å². The Bertz CT molecular complexity index is 849. The van der Waals surface area contributed by atoms with Crippen LogP contribution in [0.5, 0.6) is 0 Å². The Balaban J connectivity index is 2.37. The average Bonchev–Trinajstić information content (AvgIpc) is 3.04. The number of halogens is 1. The number of rotatable bonds is 5. The van der Waals surface area contributed by atoms with Gasteiger partial charge in [0, 0.05) is 13.7 Å². The van der Waals surface area contributed by atoms with E-state index in [9.17, 15) is 4.79 Å². The Labute approximate surface area is 128 Å². The summed E-state index contributed by atoms with van der Waals surface area (Å²) < 4.78 is 8.99. The summed E-state index contributed by atoms with van der Waals surface area (Å²) in [5.41, 5.74) is 0.801. The van der Waals surface area contributed by atoms with Gasteiger partial charge in [0.1, 0.15) is 6.61 Å². The summed E-state index contributed by atoms with van der Waals surface area (Å²) in [5, 5.41) is 8.19. The van der Waals surface area contributed by atoms with Crippen molar-refractivity contribution in [1.29, 1.82) is 0 Å². The lowest BCUT2D eigenvalue weighted by atomic mass is 10.3. The SMILES string of the molecule is CCCCn1c2nc(Br)[nH]c2c(=O)n2c(COC)nnc12. The Kier molecular flexibility index (Phi) is 3.77. The van der Waals surface area contributed by atoms with E-state index in [1.807, 2.05) is 4.57 Å². The van der Waals surface area contributed by atoms with E-state index in [-0.39, 0.29) is 12.2 Å². The smallest absolute Gasteiger partial charge is 0.286 e. The first-order valence-corrected chi connectivity index (χ1v) is 7.47. The molecule has 0 aliphatic rings. The molecule has 0 saturated carbocycles. The molecule has 0 spiro atoms. The second-order valence-corrected chi connectivity index (χ2v) is 5.47. The van der Waals surface area contributed by atoms with E-state index >= 15 is 0 Å². The van der Waals surface area contributed by atoms with Crippen LogP contribution in [0.25, 0.3) is 16.9 Å². The van der Waals surface area contributed by atoms with E-state index in [2.05, 4.69) is 43.0 Å². The van der Waals surface area contributed by atoms with Crippen molar-refractivity contribution in [3.63, 3.8) is 0 Å². The highest BCUT2D eigenvalue weighted by Crippen LogP contribution is 2.16. The first kappa shape index (κ1) is 14.2. The van der Waals surface area contributed by atoms with E-state index in [4.69, 9.17) is 4.74 Å². The highest BCUT2D eigenvalue weighted by molar-refractivity contribution is 9.10. The summed E-state index contributed by atoms with van der Waals surface area (Å²) in [6, 6.07) is 0. The number of aromatic nitrogens is 6. The lowest BCUT2D eigenvalue weighted by molar-refractivity contribution is 0.176. The zero-order chi connectivity index (χ0) is 15.0. The van der Waals surface area contributed by atoms with Gasteiger partial charge in [-0.15, -0.1) is 10.2 Å². The number of methoxy groups -OCH3 is 1. The average molecular weight is 355 g/mol. The molecule has 3 aromatic heterocycles. The van der Waals surface area contributed by atoms with Gasteiger partial charge in [-0.25, -0.2) is 9.38 Å².